The fourth-order valence-electron chi connectivity index (χ4n) is 3.69. The summed E-state index contributed by atoms with van der Waals surface area (Å²) in [6.45, 7) is 0.250. The zero-order valence-electron chi connectivity index (χ0n) is 15.8. The Labute approximate surface area is 169 Å². The summed E-state index contributed by atoms with van der Waals surface area (Å²) in [5.74, 6) is -1.05. The van der Waals surface area contributed by atoms with Gasteiger partial charge in [0.15, 0.2) is 9.84 Å². The van der Waals surface area contributed by atoms with Crippen LogP contribution in [0.25, 0.3) is 10.8 Å². The highest BCUT2D eigenvalue weighted by atomic mass is 32.2. The van der Waals surface area contributed by atoms with Crippen LogP contribution in [0.1, 0.15) is 6.42 Å². The molecule has 1 aliphatic heterocycles. The van der Waals surface area contributed by atoms with Crippen molar-refractivity contribution >= 4 is 43.8 Å². The van der Waals surface area contributed by atoms with Crippen LogP contribution in [0, 0.1) is 5.92 Å². The van der Waals surface area contributed by atoms with Gasteiger partial charge in [-0.25, -0.2) is 8.42 Å². The molecule has 3 aromatic carbocycles. The van der Waals surface area contributed by atoms with Gasteiger partial charge in [-0.05, 0) is 23.6 Å². The van der Waals surface area contributed by atoms with Crippen LogP contribution in [0.15, 0.2) is 71.6 Å². The van der Waals surface area contributed by atoms with Gasteiger partial charge in [0.1, 0.15) is 0 Å². The lowest BCUT2D eigenvalue weighted by molar-refractivity contribution is -0.122. The molecule has 2 amide bonds. The van der Waals surface area contributed by atoms with E-state index >= 15 is 0 Å². The molecule has 4 rings (SSSR count). The molecule has 3 aromatic rings. The fourth-order valence-corrected chi connectivity index (χ4v) is 4.53. The number of benzene rings is 3. The molecule has 1 N–H and O–H groups in total. The predicted octanol–water partition coefficient (Wildman–Crippen LogP) is 3.23. The number of rotatable bonds is 4. The Balaban J connectivity index is 1.58. The number of anilines is 2. The third-order valence-electron chi connectivity index (χ3n) is 5.10. The number of hydrogen-bond donors (Lipinski definition) is 1. The lowest BCUT2D eigenvalue weighted by atomic mass is 10.1. The van der Waals surface area contributed by atoms with E-state index in [1.165, 1.54) is 6.07 Å². The maximum atomic E-state index is 12.8. The third-order valence-corrected chi connectivity index (χ3v) is 6.25. The Bertz CT molecular complexity index is 1210. The van der Waals surface area contributed by atoms with Crippen molar-refractivity contribution in [1.82, 2.24) is 0 Å². The second-order valence-electron chi connectivity index (χ2n) is 7.16. The monoisotopic (exact) mass is 408 g/mol. The summed E-state index contributed by atoms with van der Waals surface area (Å²) in [5, 5.41) is 4.66. The van der Waals surface area contributed by atoms with E-state index in [2.05, 4.69) is 5.32 Å². The van der Waals surface area contributed by atoms with Crippen molar-refractivity contribution in [3.8, 4) is 0 Å². The molecule has 0 aliphatic carbocycles. The number of carbonyl (C=O) groups is 2. The molecule has 6 nitrogen and oxygen atoms in total. The Morgan fingerprint density at radius 3 is 2.48 bits per heavy atom. The van der Waals surface area contributed by atoms with Gasteiger partial charge in [-0.15, -0.1) is 0 Å². The minimum absolute atomic E-state index is 0.0589. The number of nitrogens with one attached hydrogen (secondary N) is 1. The van der Waals surface area contributed by atoms with Crippen molar-refractivity contribution < 1.29 is 18.0 Å². The van der Waals surface area contributed by atoms with E-state index in [9.17, 15) is 18.0 Å². The van der Waals surface area contributed by atoms with Crippen molar-refractivity contribution in [1.29, 1.82) is 0 Å². The fraction of sp³-hybridized carbons (Fsp3) is 0.182. The van der Waals surface area contributed by atoms with Gasteiger partial charge in [-0.3, -0.25) is 9.59 Å². The molecule has 1 heterocycles. The molecule has 1 fully saturated rings. The van der Waals surface area contributed by atoms with Crippen molar-refractivity contribution in [2.45, 2.75) is 11.3 Å². The Morgan fingerprint density at radius 1 is 1.00 bits per heavy atom. The lowest BCUT2D eigenvalue weighted by Crippen LogP contribution is -2.28. The average molecular weight is 408 g/mol. The summed E-state index contributed by atoms with van der Waals surface area (Å²) in [7, 11) is -3.48. The highest BCUT2D eigenvalue weighted by Gasteiger charge is 2.36. The van der Waals surface area contributed by atoms with Crippen molar-refractivity contribution in [2.24, 2.45) is 5.92 Å². The van der Waals surface area contributed by atoms with Crippen molar-refractivity contribution in [3.05, 3.63) is 66.7 Å². The van der Waals surface area contributed by atoms with Crippen LogP contribution in [0.3, 0.4) is 0 Å². The predicted molar refractivity (Wildman–Crippen MR) is 113 cm³/mol. The molecule has 29 heavy (non-hydrogen) atoms. The van der Waals surface area contributed by atoms with Crippen LogP contribution in [0.2, 0.25) is 0 Å². The zero-order valence-corrected chi connectivity index (χ0v) is 16.6. The summed E-state index contributed by atoms with van der Waals surface area (Å²) in [6.07, 6.45) is 1.18. The summed E-state index contributed by atoms with van der Waals surface area (Å²) < 4.78 is 23.9. The number of hydrogen-bond acceptors (Lipinski definition) is 4. The van der Waals surface area contributed by atoms with Crippen LogP contribution < -0.4 is 10.2 Å². The van der Waals surface area contributed by atoms with Crippen LogP contribution in [-0.4, -0.2) is 33.0 Å². The highest BCUT2D eigenvalue weighted by Crippen LogP contribution is 2.32. The summed E-state index contributed by atoms with van der Waals surface area (Å²) >= 11 is 0. The zero-order chi connectivity index (χ0) is 20.6. The SMILES string of the molecule is CS(=O)(=O)c1ccccc1NC(=O)C1CC(=O)N(c2cccc3ccccc23)C1. The van der Waals surface area contributed by atoms with Gasteiger partial charge in [-0.2, -0.15) is 0 Å². The first-order valence-corrected chi connectivity index (χ1v) is 11.1. The molecule has 0 bridgehead atoms. The Morgan fingerprint density at radius 2 is 1.69 bits per heavy atom. The average Bonchev–Trinajstić information content (AvgIpc) is 3.09. The number of para-hydroxylation sites is 1. The van der Waals surface area contributed by atoms with Gasteiger partial charge in [0, 0.05) is 24.6 Å². The normalized spacial score (nSPS) is 16.9. The van der Waals surface area contributed by atoms with Crippen LogP contribution in [0.4, 0.5) is 11.4 Å². The smallest absolute Gasteiger partial charge is 0.229 e. The Kier molecular flexibility index (Phi) is 4.84. The molecule has 1 unspecified atom stereocenters. The van der Waals surface area contributed by atoms with Gasteiger partial charge >= 0.3 is 0 Å². The first kappa shape index (κ1) is 19.1. The van der Waals surface area contributed by atoms with Crippen molar-refractivity contribution in [3.63, 3.8) is 0 Å². The number of fused-ring (bicyclic) bond motifs is 1. The molecule has 0 aromatic heterocycles. The van der Waals surface area contributed by atoms with Crippen LogP contribution in [-0.2, 0) is 19.4 Å². The molecular formula is C22H20N2O4S. The maximum absolute atomic E-state index is 12.8. The Hall–Kier alpha value is -3.19. The van der Waals surface area contributed by atoms with E-state index in [1.807, 2.05) is 42.5 Å². The first-order chi connectivity index (χ1) is 13.8. The molecule has 0 spiro atoms. The van der Waals surface area contributed by atoms with Gasteiger partial charge in [0.05, 0.1) is 22.2 Å². The largest absolute Gasteiger partial charge is 0.325 e. The van der Waals surface area contributed by atoms with Crippen LogP contribution >= 0.6 is 0 Å². The van der Waals surface area contributed by atoms with Crippen molar-refractivity contribution in [2.75, 3.05) is 23.0 Å². The van der Waals surface area contributed by atoms with E-state index in [4.69, 9.17) is 0 Å². The molecule has 0 radical (unpaired) electrons. The molecule has 1 atom stereocenters. The quantitative estimate of drug-likeness (QED) is 0.718. The van der Waals surface area contributed by atoms with Gasteiger partial charge in [-0.1, -0.05) is 48.5 Å². The number of nitrogens with zero attached hydrogens (tertiary/aromatic N) is 1. The minimum Gasteiger partial charge on any atom is -0.325 e. The first-order valence-electron chi connectivity index (χ1n) is 9.22. The van der Waals surface area contributed by atoms with Crippen LogP contribution in [0.5, 0.6) is 0 Å². The number of amides is 2. The summed E-state index contributed by atoms with van der Waals surface area (Å²) in [4.78, 5) is 27.1. The third kappa shape index (κ3) is 3.73. The van der Waals surface area contributed by atoms with E-state index in [-0.39, 0.29) is 35.4 Å². The number of carbonyl (C=O) groups excluding carboxylic acids is 2. The van der Waals surface area contributed by atoms with E-state index < -0.39 is 15.8 Å². The van der Waals surface area contributed by atoms with E-state index in [0.717, 1.165) is 22.7 Å². The second-order valence-corrected chi connectivity index (χ2v) is 9.15. The molecular weight excluding hydrogens is 388 g/mol. The summed E-state index contributed by atoms with van der Waals surface area (Å²) in [6, 6.07) is 19.8. The molecule has 148 valence electrons. The topological polar surface area (TPSA) is 83.5 Å². The van der Waals surface area contributed by atoms with Gasteiger partial charge in [0.25, 0.3) is 0 Å². The number of sulfone groups is 1. The summed E-state index contributed by atoms with van der Waals surface area (Å²) in [5.41, 5.74) is 1.01. The molecule has 1 aliphatic rings. The minimum atomic E-state index is -3.48. The maximum Gasteiger partial charge on any atom is 0.229 e. The standard InChI is InChI=1S/C22H20N2O4S/c1-29(27,28)20-12-5-4-10-18(20)23-22(26)16-13-21(25)24(14-16)19-11-6-8-15-7-2-3-9-17(15)19/h2-12,16H,13-14H2,1H3,(H,23,26). The van der Waals surface area contributed by atoms with Gasteiger partial charge < -0.3 is 10.2 Å². The van der Waals surface area contributed by atoms with Gasteiger partial charge in [0.2, 0.25) is 11.8 Å². The molecule has 7 heteroatoms. The van der Waals surface area contributed by atoms with E-state index in [0.29, 0.717) is 0 Å². The highest BCUT2D eigenvalue weighted by molar-refractivity contribution is 7.90. The van der Waals surface area contributed by atoms with E-state index in [1.54, 1.807) is 23.1 Å². The lowest BCUT2D eigenvalue weighted by Gasteiger charge is -2.19. The molecule has 0 saturated carbocycles. The molecule has 1 saturated heterocycles. The second kappa shape index (κ2) is 7.33.